The van der Waals surface area contributed by atoms with Gasteiger partial charge in [-0.1, -0.05) is 0 Å². The molecular weight excluding hydrogens is 307 g/mol. The Morgan fingerprint density at radius 3 is 1.42 bits per heavy atom. The second kappa shape index (κ2) is 12.5. The molecular formula is C12H26Cl2N2O2S. The smallest absolute Gasteiger partial charge is 0.101 e. The molecule has 0 aliphatic carbocycles. The van der Waals surface area contributed by atoms with E-state index in [-0.39, 0.29) is 24.8 Å². The quantitative estimate of drug-likeness (QED) is 0.473. The summed E-state index contributed by atoms with van der Waals surface area (Å²) in [5, 5.41) is 0. The number of halogens is 2. The van der Waals surface area contributed by atoms with Crippen molar-refractivity contribution in [1.29, 1.82) is 0 Å². The molecule has 0 radical (unpaired) electrons. The van der Waals surface area contributed by atoms with Crippen LogP contribution in [-0.4, -0.2) is 77.2 Å². The van der Waals surface area contributed by atoms with Crippen molar-refractivity contribution in [2.45, 2.75) is 0 Å². The molecule has 0 spiro atoms. The van der Waals surface area contributed by atoms with Crippen LogP contribution in [0.15, 0.2) is 0 Å². The van der Waals surface area contributed by atoms with Gasteiger partial charge in [-0.3, -0.25) is 0 Å². The Balaban J connectivity index is 0.00000162. The number of hydrogen-bond acceptors (Lipinski definition) is 3. The summed E-state index contributed by atoms with van der Waals surface area (Å²) in [5.74, 6) is 2.61. The molecule has 2 N–H and O–H groups in total. The first-order valence-electron chi connectivity index (χ1n) is 6.85. The molecule has 4 nitrogen and oxygen atoms in total. The molecule has 2 heterocycles. The van der Waals surface area contributed by atoms with Gasteiger partial charge in [0.2, 0.25) is 0 Å². The Hall–Kier alpha value is 0.770. The van der Waals surface area contributed by atoms with Crippen LogP contribution in [0, 0.1) is 0 Å². The third-order valence-electron chi connectivity index (χ3n) is 3.60. The zero-order valence-corrected chi connectivity index (χ0v) is 13.8. The lowest BCUT2D eigenvalue weighted by atomic mass is 10.4. The molecule has 0 unspecified atom stereocenters. The number of quaternary nitrogens is 2. The third kappa shape index (κ3) is 8.60. The number of ether oxygens (including phenoxy) is 2. The van der Waals surface area contributed by atoms with Crippen LogP contribution in [0.5, 0.6) is 0 Å². The molecule has 116 valence electrons. The highest BCUT2D eigenvalue weighted by Gasteiger charge is 2.14. The number of rotatable bonds is 6. The van der Waals surface area contributed by atoms with Gasteiger partial charge in [0, 0.05) is 11.5 Å². The fourth-order valence-corrected chi connectivity index (χ4v) is 3.43. The number of nitrogens with one attached hydrogen (secondary N) is 2. The number of thioether (sulfide) groups is 1. The minimum atomic E-state index is 0. The van der Waals surface area contributed by atoms with Gasteiger partial charge in [-0.15, -0.1) is 0 Å². The molecule has 0 atom stereocenters. The molecule has 0 aromatic heterocycles. The van der Waals surface area contributed by atoms with E-state index in [2.05, 4.69) is 11.8 Å². The molecule has 19 heavy (non-hydrogen) atoms. The molecule has 0 aromatic rings. The summed E-state index contributed by atoms with van der Waals surface area (Å²) in [6.07, 6.45) is 0. The van der Waals surface area contributed by atoms with Gasteiger partial charge in [-0.25, -0.2) is 0 Å². The third-order valence-corrected chi connectivity index (χ3v) is 4.59. The fraction of sp³-hybridized carbons (Fsp3) is 1.00. The van der Waals surface area contributed by atoms with E-state index in [9.17, 15) is 0 Å². The molecule has 2 saturated heterocycles. The van der Waals surface area contributed by atoms with Gasteiger partial charge < -0.3 is 44.1 Å². The first kappa shape index (κ1) is 19.8. The van der Waals surface area contributed by atoms with Gasteiger partial charge >= 0.3 is 0 Å². The molecule has 2 rings (SSSR count). The van der Waals surface area contributed by atoms with Crippen molar-refractivity contribution < 1.29 is 44.1 Å². The van der Waals surface area contributed by atoms with Crippen molar-refractivity contribution in [2.75, 3.05) is 77.2 Å². The van der Waals surface area contributed by atoms with Crippen LogP contribution < -0.4 is 34.6 Å². The van der Waals surface area contributed by atoms with E-state index in [0.29, 0.717) is 0 Å². The SMILES string of the molecule is C1C[NH+](CCSCC[NH+]2CCOCC2)CCO1.[Cl-].[Cl-]. The van der Waals surface area contributed by atoms with E-state index < -0.39 is 0 Å². The Bertz CT molecular complexity index is 184. The van der Waals surface area contributed by atoms with E-state index in [1.807, 2.05) is 0 Å². The highest BCUT2D eigenvalue weighted by molar-refractivity contribution is 7.99. The van der Waals surface area contributed by atoms with E-state index in [1.165, 1.54) is 50.8 Å². The maximum absolute atomic E-state index is 5.36. The second-order valence-electron chi connectivity index (χ2n) is 4.84. The summed E-state index contributed by atoms with van der Waals surface area (Å²) in [5.41, 5.74) is 0. The first-order valence-corrected chi connectivity index (χ1v) is 8.01. The summed E-state index contributed by atoms with van der Waals surface area (Å²) >= 11 is 2.12. The summed E-state index contributed by atoms with van der Waals surface area (Å²) in [7, 11) is 0. The Labute approximate surface area is 133 Å². The molecule has 0 amide bonds. The van der Waals surface area contributed by atoms with Gasteiger partial charge in [-0.05, 0) is 0 Å². The molecule has 0 aromatic carbocycles. The van der Waals surface area contributed by atoms with Crippen molar-refractivity contribution in [3.8, 4) is 0 Å². The maximum Gasteiger partial charge on any atom is 0.101 e. The molecule has 2 fully saturated rings. The highest BCUT2D eigenvalue weighted by atomic mass is 35.5. The highest BCUT2D eigenvalue weighted by Crippen LogP contribution is 1.94. The number of morpholine rings is 2. The minimum absolute atomic E-state index is 0. The average Bonchev–Trinajstić information content (AvgIpc) is 2.41. The fourth-order valence-electron chi connectivity index (χ4n) is 2.36. The van der Waals surface area contributed by atoms with Crippen molar-refractivity contribution >= 4 is 11.8 Å². The lowest BCUT2D eigenvalue weighted by molar-refractivity contribution is -0.906. The first-order chi connectivity index (χ1) is 8.45. The normalized spacial score (nSPS) is 21.5. The summed E-state index contributed by atoms with van der Waals surface area (Å²) in [6, 6.07) is 0. The summed E-state index contributed by atoms with van der Waals surface area (Å²) in [4.78, 5) is 3.45. The van der Waals surface area contributed by atoms with Crippen molar-refractivity contribution in [1.82, 2.24) is 0 Å². The topological polar surface area (TPSA) is 27.3 Å². The lowest BCUT2D eigenvalue weighted by Crippen LogP contribution is -3.14. The van der Waals surface area contributed by atoms with Gasteiger partial charge in [0.1, 0.15) is 26.2 Å². The van der Waals surface area contributed by atoms with Gasteiger partial charge in [0.15, 0.2) is 0 Å². The zero-order chi connectivity index (χ0) is 11.8. The van der Waals surface area contributed by atoms with Crippen LogP contribution in [0.4, 0.5) is 0 Å². The molecule has 2 aliphatic rings. The van der Waals surface area contributed by atoms with E-state index >= 15 is 0 Å². The predicted molar refractivity (Wildman–Crippen MR) is 70.1 cm³/mol. The van der Waals surface area contributed by atoms with Gasteiger partial charge in [0.25, 0.3) is 0 Å². The Morgan fingerprint density at radius 2 is 1.05 bits per heavy atom. The lowest BCUT2D eigenvalue weighted by Gasteiger charge is -2.24. The van der Waals surface area contributed by atoms with Crippen molar-refractivity contribution in [3.05, 3.63) is 0 Å². The number of hydrogen-bond donors (Lipinski definition) is 2. The summed E-state index contributed by atoms with van der Waals surface area (Å²) in [6.45, 7) is 11.3. The molecule has 0 bridgehead atoms. The van der Waals surface area contributed by atoms with Crippen LogP contribution in [0.2, 0.25) is 0 Å². The van der Waals surface area contributed by atoms with E-state index in [4.69, 9.17) is 9.47 Å². The summed E-state index contributed by atoms with van der Waals surface area (Å²) < 4.78 is 10.7. The van der Waals surface area contributed by atoms with Crippen molar-refractivity contribution in [2.24, 2.45) is 0 Å². The second-order valence-corrected chi connectivity index (χ2v) is 6.06. The van der Waals surface area contributed by atoms with Crippen molar-refractivity contribution in [3.63, 3.8) is 0 Å². The maximum atomic E-state index is 5.36. The van der Waals surface area contributed by atoms with Crippen LogP contribution in [0.25, 0.3) is 0 Å². The van der Waals surface area contributed by atoms with E-state index in [0.717, 1.165) is 26.4 Å². The van der Waals surface area contributed by atoms with Gasteiger partial charge in [0.05, 0.1) is 39.5 Å². The Morgan fingerprint density at radius 1 is 0.684 bits per heavy atom. The van der Waals surface area contributed by atoms with Crippen LogP contribution in [-0.2, 0) is 9.47 Å². The Kier molecular flexibility index (Phi) is 13.0. The largest absolute Gasteiger partial charge is 1.00 e. The average molecular weight is 333 g/mol. The minimum Gasteiger partial charge on any atom is -1.00 e. The molecule has 0 saturated carbocycles. The zero-order valence-electron chi connectivity index (χ0n) is 11.5. The van der Waals surface area contributed by atoms with E-state index in [1.54, 1.807) is 9.80 Å². The van der Waals surface area contributed by atoms with Crippen LogP contribution in [0.3, 0.4) is 0 Å². The monoisotopic (exact) mass is 332 g/mol. The molecule has 2 aliphatic heterocycles. The molecule has 7 heteroatoms. The van der Waals surface area contributed by atoms with Crippen LogP contribution >= 0.6 is 11.8 Å². The predicted octanol–water partition coefficient (Wildman–Crippen LogP) is -8.44. The van der Waals surface area contributed by atoms with Gasteiger partial charge in [-0.2, -0.15) is 11.8 Å². The standard InChI is InChI=1S/C12H24N2O2S.2ClH/c1-7-15-8-2-13(1)5-11-17-12-6-14-3-9-16-10-4-14;;/h1-12H2;2*1H. The van der Waals surface area contributed by atoms with Crippen LogP contribution in [0.1, 0.15) is 0 Å².